The lowest BCUT2D eigenvalue weighted by Gasteiger charge is -2.51. The van der Waals surface area contributed by atoms with Crippen molar-refractivity contribution < 1.29 is 38.1 Å². The van der Waals surface area contributed by atoms with Gasteiger partial charge in [-0.25, -0.2) is 9.29 Å². The summed E-state index contributed by atoms with van der Waals surface area (Å²) in [7, 11) is 2.73. The highest BCUT2D eigenvalue weighted by atomic mass is 35.5. The molecular formula is C36H31Cl2FN2O7. The molecular weight excluding hydrogens is 662 g/mol. The van der Waals surface area contributed by atoms with Crippen molar-refractivity contribution in [1.29, 1.82) is 0 Å². The lowest BCUT2D eigenvalue weighted by atomic mass is 9.56. The Morgan fingerprint density at radius 1 is 0.854 bits per heavy atom. The van der Waals surface area contributed by atoms with Crippen LogP contribution in [0.1, 0.15) is 36.8 Å². The third kappa shape index (κ3) is 4.28. The van der Waals surface area contributed by atoms with Crippen molar-refractivity contribution in [2.75, 3.05) is 24.0 Å². The summed E-state index contributed by atoms with van der Waals surface area (Å²) >= 11 is 14.9. The number of anilines is 2. The largest absolute Gasteiger partial charge is 0.508 e. The number of hydrogen-bond donors (Lipinski definition) is 1. The van der Waals surface area contributed by atoms with Gasteiger partial charge in [0.2, 0.25) is 11.8 Å². The molecule has 3 aromatic rings. The molecule has 248 valence electrons. The van der Waals surface area contributed by atoms with Gasteiger partial charge in [0.15, 0.2) is 9.75 Å². The number of nitrogens with zero attached hydrogens (tertiary/aromatic N) is 2. The molecule has 4 aliphatic rings. The Hall–Kier alpha value is -4.41. The number of carbonyl (C=O) groups excluding carboxylic acids is 4. The van der Waals surface area contributed by atoms with Crippen LogP contribution >= 0.6 is 23.2 Å². The Morgan fingerprint density at radius 3 is 2.02 bits per heavy atom. The first-order valence-electron chi connectivity index (χ1n) is 15.5. The number of fused-ring (bicyclic) bond motifs is 4. The maximum atomic E-state index is 14.6. The number of ether oxygens (including phenoxy) is 2. The van der Waals surface area contributed by atoms with Crippen LogP contribution in [0.15, 0.2) is 72.3 Å². The van der Waals surface area contributed by atoms with Crippen LogP contribution in [0.25, 0.3) is 0 Å². The Morgan fingerprint density at radius 2 is 1.44 bits per heavy atom. The summed E-state index contributed by atoms with van der Waals surface area (Å²) in [6.07, 6.45) is 2.51. The topological polar surface area (TPSA) is 113 Å². The molecule has 2 aliphatic carbocycles. The second-order valence-corrected chi connectivity index (χ2v) is 13.8. The summed E-state index contributed by atoms with van der Waals surface area (Å²) in [6, 6.07) is 14.6. The quantitative estimate of drug-likeness (QED) is 0.195. The summed E-state index contributed by atoms with van der Waals surface area (Å²) in [5.74, 6) is -6.76. The van der Waals surface area contributed by atoms with E-state index in [1.165, 1.54) is 43.4 Å². The van der Waals surface area contributed by atoms with E-state index in [1.54, 1.807) is 18.2 Å². The maximum absolute atomic E-state index is 14.6. The SMILES string of the molecule is CCc1ccc(N2C(=O)C3CC=C4C(CC5(Cl)C(=O)N(c6ccc(F)cc6)C(=O)C5(Cl)C4c4c(OC)cc(O)cc4OC)C3C2=O)cc1. The van der Waals surface area contributed by atoms with Gasteiger partial charge in [0.05, 0.1) is 37.4 Å². The van der Waals surface area contributed by atoms with E-state index in [-0.39, 0.29) is 47.2 Å². The number of halogens is 3. The molecule has 0 spiro atoms. The summed E-state index contributed by atoms with van der Waals surface area (Å²) in [4.78, 5) is 55.1. The number of phenols is 1. The molecule has 7 rings (SSSR count). The first-order chi connectivity index (χ1) is 22.9. The first-order valence-corrected chi connectivity index (χ1v) is 16.3. The molecule has 3 fully saturated rings. The second-order valence-electron chi connectivity index (χ2n) is 12.5. The number of phenolic OH excluding ortho intramolecular Hbond substituents is 1. The van der Waals surface area contributed by atoms with E-state index in [2.05, 4.69) is 0 Å². The van der Waals surface area contributed by atoms with Crippen LogP contribution in [-0.4, -0.2) is 52.7 Å². The van der Waals surface area contributed by atoms with Gasteiger partial charge in [-0.05, 0) is 67.1 Å². The number of aryl methyl sites for hydroxylation is 1. The zero-order valence-corrected chi connectivity index (χ0v) is 27.7. The number of rotatable bonds is 6. The molecule has 2 heterocycles. The number of aromatic hydroxyl groups is 1. The molecule has 4 amide bonds. The minimum atomic E-state index is -2.20. The van der Waals surface area contributed by atoms with Gasteiger partial charge < -0.3 is 14.6 Å². The minimum absolute atomic E-state index is 0.0629. The van der Waals surface area contributed by atoms with E-state index in [4.69, 9.17) is 32.7 Å². The van der Waals surface area contributed by atoms with Gasteiger partial charge >= 0.3 is 0 Å². The molecule has 12 heteroatoms. The van der Waals surface area contributed by atoms with Crippen LogP contribution in [0, 0.1) is 23.6 Å². The van der Waals surface area contributed by atoms with Crippen molar-refractivity contribution in [3.8, 4) is 17.2 Å². The zero-order chi connectivity index (χ0) is 34.3. The van der Waals surface area contributed by atoms with Crippen molar-refractivity contribution in [1.82, 2.24) is 0 Å². The standard InChI is InChI=1S/C36H31Cl2FN2O7/c1-4-18-5-9-20(10-6-18)40-31(43)24-14-13-23-25(28(24)32(40)44)17-35(37)33(45)41(21-11-7-19(39)8-12-21)34(46)36(35,38)30(23)29-26(47-2)15-22(42)16-27(29)48-3/h5-13,15-16,24-25,28,30,42H,4,14,17H2,1-3H3. The van der Waals surface area contributed by atoms with Crippen molar-refractivity contribution in [3.63, 3.8) is 0 Å². The molecule has 0 radical (unpaired) electrons. The average Bonchev–Trinajstić information content (AvgIpc) is 3.42. The number of imide groups is 2. The van der Waals surface area contributed by atoms with E-state index < -0.39 is 57.0 Å². The van der Waals surface area contributed by atoms with E-state index >= 15 is 0 Å². The smallest absolute Gasteiger partial charge is 0.258 e. The minimum Gasteiger partial charge on any atom is -0.508 e. The monoisotopic (exact) mass is 692 g/mol. The fraction of sp³-hybridized carbons (Fsp3) is 0.333. The molecule has 1 N–H and O–H groups in total. The summed E-state index contributed by atoms with van der Waals surface area (Å²) < 4.78 is 25.3. The average molecular weight is 694 g/mol. The number of hydrogen-bond acceptors (Lipinski definition) is 7. The van der Waals surface area contributed by atoms with Crippen molar-refractivity contribution in [3.05, 3.63) is 89.3 Å². The van der Waals surface area contributed by atoms with Gasteiger partial charge in [-0.1, -0.05) is 30.7 Å². The summed E-state index contributed by atoms with van der Waals surface area (Å²) in [5.41, 5.74) is 2.31. The summed E-state index contributed by atoms with van der Waals surface area (Å²) in [5, 5.41) is 10.5. The van der Waals surface area contributed by atoms with Gasteiger partial charge in [-0.15, -0.1) is 23.2 Å². The normalized spacial score (nSPS) is 29.4. The third-order valence-corrected chi connectivity index (χ3v) is 11.7. The second kappa shape index (κ2) is 11.3. The van der Waals surface area contributed by atoms with Crippen LogP contribution in [0.4, 0.5) is 15.8 Å². The maximum Gasteiger partial charge on any atom is 0.258 e. The Kier molecular flexibility index (Phi) is 7.60. The number of benzene rings is 3. The number of methoxy groups -OCH3 is 2. The van der Waals surface area contributed by atoms with Crippen LogP contribution in [0.3, 0.4) is 0 Å². The van der Waals surface area contributed by atoms with E-state index in [1.807, 2.05) is 19.1 Å². The molecule has 2 saturated heterocycles. The molecule has 6 atom stereocenters. The molecule has 1 saturated carbocycles. The highest BCUT2D eigenvalue weighted by molar-refractivity contribution is 6.58. The van der Waals surface area contributed by atoms with Crippen LogP contribution in [-0.2, 0) is 25.6 Å². The number of allylic oxidation sites excluding steroid dienone is 2. The van der Waals surface area contributed by atoms with E-state index in [0.717, 1.165) is 29.0 Å². The fourth-order valence-electron chi connectivity index (χ4n) is 8.06. The predicted molar refractivity (Wildman–Crippen MR) is 176 cm³/mol. The highest BCUT2D eigenvalue weighted by Gasteiger charge is 2.77. The molecule has 6 unspecified atom stereocenters. The third-order valence-electron chi connectivity index (χ3n) is 10.3. The molecule has 48 heavy (non-hydrogen) atoms. The van der Waals surface area contributed by atoms with E-state index in [0.29, 0.717) is 11.3 Å². The molecule has 0 bridgehead atoms. The Balaban J connectivity index is 1.43. The number of alkyl halides is 2. The van der Waals surface area contributed by atoms with Crippen LogP contribution < -0.4 is 19.3 Å². The molecule has 2 aliphatic heterocycles. The van der Waals surface area contributed by atoms with Crippen molar-refractivity contribution >= 4 is 58.2 Å². The van der Waals surface area contributed by atoms with Gasteiger partial charge in [0.1, 0.15) is 23.1 Å². The summed E-state index contributed by atoms with van der Waals surface area (Å²) in [6.45, 7) is 2.01. The van der Waals surface area contributed by atoms with Gasteiger partial charge in [-0.3, -0.25) is 24.1 Å². The fourth-order valence-corrected chi connectivity index (χ4v) is 8.98. The Labute approximate surface area is 285 Å². The molecule has 9 nitrogen and oxygen atoms in total. The van der Waals surface area contributed by atoms with Gasteiger partial charge in [0, 0.05) is 23.6 Å². The number of amides is 4. The first kappa shape index (κ1) is 32.2. The lowest BCUT2D eigenvalue weighted by molar-refractivity contribution is -0.125. The highest BCUT2D eigenvalue weighted by Crippen LogP contribution is 2.67. The van der Waals surface area contributed by atoms with Gasteiger partial charge in [0.25, 0.3) is 11.8 Å². The number of carbonyl (C=O) groups is 4. The van der Waals surface area contributed by atoms with Gasteiger partial charge in [-0.2, -0.15) is 0 Å². The molecule has 3 aromatic carbocycles. The van der Waals surface area contributed by atoms with Crippen LogP contribution in [0.2, 0.25) is 0 Å². The van der Waals surface area contributed by atoms with Crippen molar-refractivity contribution in [2.45, 2.75) is 41.9 Å². The Bertz CT molecular complexity index is 1890. The van der Waals surface area contributed by atoms with Crippen molar-refractivity contribution in [2.24, 2.45) is 17.8 Å². The van der Waals surface area contributed by atoms with E-state index in [9.17, 15) is 28.7 Å². The molecule has 0 aromatic heterocycles. The predicted octanol–water partition coefficient (Wildman–Crippen LogP) is 5.88. The lowest BCUT2D eigenvalue weighted by Crippen LogP contribution is -2.60. The zero-order valence-electron chi connectivity index (χ0n) is 26.2. The van der Waals surface area contributed by atoms with Crippen LogP contribution in [0.5, 0.6) is 17.2 Å².